The number of rotatable bonds is 6. The predicted molar refractivity (Wildman–Crippen MR) is 126 cm³/mol. The largest absolute Gasteiger partial charge is 0.493 e. The van der Waals surface area contributed by atoms with E-state index in [0.717, 1.165) is 5.56 Å². The molecule has 0 spiro atoms. The molecule has 0 saturated carbocycles. The van der Waals surface area contributed by atoms with E-state index in [1.54, 1.807) is 61.7 Å². The lowest BCUT2D eigenvalue weighted by atomic mass is 10.1. The van der Waals surface area contributed by atoms with E-state index in [2.05, 4.69) is 4.99 Å². The van der Waals surface area contributed by atoms with E-state index in [1.165, 1.54) is 0 Å². The third-order valence-electron chi connectivity index (χ3n) is 4.58. The van der Waals surface area contributed by atoms with E-state index in [0.29, 0.717) is 44.3 Å². The highest BCUT2D eigenvalue weighted by atomic mass is 35.5. The molecule has 8 heteroatoms. The van der Waals surface area contributed by atoms with Crippen LogP contribution in [0, 0.1) is 0 Å². The summed E-state index contributed by atoms with van der Waals surface area (Å²) in [5, 5.41) is 1.48. The fraction of sp³-hybridized carbons (Fsp3) is 0.0833. The first-order valence-corrected chi connectivity index (χ1v) is 10.6. The normalized spacial score (nSPS) is 14.3. The Morgan fingerprint density at radius 1 is 0.938 bits per heavy atom. The molecule has 0 N–H and O–H groups in total. The molecule has 0 unspecified atom stereocenters. The van der Waals surface area contributed by atoms with Crippen molar-refractivity contribution in [2.24, 2.45) is 4.99 Å². The molecule has 1 heterocycles. The number of nitrogens with zero attached hydrogens (tertiary/aromatic N) is 1. The Hall–Kier alpha value is -2.99. The van der Waals surface area contributed by atoms with Crippen LogP contribution in [0.15, 0.2) is 71.4 Å². The van der Waals surface area contributed by atoms with Gasteiger partial charge in [-0.3, -0.25) is 0 Å². The van der Waals surface area contributed by atoms with Crippen molar-refractivity contribution in [2.75, 3.05) is 7.11 Å². The third kappa shape index (κ3) is 5.07. The molecule has 3 aromatic carbocycles. The molecule has 0 aromatic heterocycles. The number of aliphatic imine (C=N–C) groups is 1. The molecule has 1 aliphatic heterocycles. The van der Waals surface area contributed by atoms with Crippen LogP contribution in [0.25, 0.3) is 6.08 Å². The summed E-state index contributed by atoms with van der Waals surface area (Å²) < 4.78 is 16.6. The number of halogens is 3. The van der Waals surface area contributed by atoms with Crippen LogP contribution in [0.3, 0.4) is 0 Å². The standard InChI is InChI=1S/C24H16Cl3NO4/c1-30-22-11-15(4-9-21(22)31-13-14-2-5-16(25)6-3-14)10-20-24(29)32-23(28-20)18-8-7-17(26)12-19(18)27/h2-12H,13H2,1H3/b20-10-. The summed E-state index contributed by atoms with van der Waals surface area (Å²) in [7, 11) is 1.55. The van der Waals surface area contributed by atoms with Gasteiger partial charge in [-0.15, -0.1) is 0 Å². The van der Waals surface area contributed by atoms with Gasteiger partial charge in [0.2, 0.25) is 5.90 Å². The van der Waals surface area contributed by atoms with Crippen LogP contribution in [0.1, 0.15) is 16.7 Å². The number of carbonyl (C=O) groups is 1. The summed E-state index contributed by atoms with van der Waals surface area (Å²) in [6.07, 6.45) is 1.60. The van der Waals surface area contributed by atoms with E-state index in [9.17, 15) is 4.79 Å². The molecule has 32 heavy (non-hydrogen) atoms. The minimum Gasteiger partial charge on any atom is -0.493 e. The zero-order valence-corrected chi connectivity index (χ0v) is 19.0. The molecule has 1 aliphatic rings. The minimum absolute atomic E-state index is 0.123. The Morgan fingerprint density at radius 3 is 2.41 bits per heavy atom. The zero-order chi connectivity index (χ0) is 22.7. The maximum Gasteiger partial charge on any atom is 0.363 e. The Bertz CT molecular complexity index is 1240. The van der Waals surface area contributed by atoms with Gasteiger partial charge in [0.1, 0.15) is 6.61 Å². The number of methoxy groups -OCH3 is 1. The van der Waals surface area contributed by atoms with Crippen LogP contribution in [-0.4, -0.2) is 19.0 Å². The van der Waals surface area contributed by atoms with Crippen molar-refractivity contribution in [3.05, 3.63) is 98.1 Å². The van der Waals surface area contributed by atoms with Crippen molar-refractivity contribution in [2.45, 2.75) is 6.61 Å². The molecular formula is C24H16Cl3NO4. The Labute approximate surface area is 199 Å². The van der Waals surface area contributed by atoms with Crippen molar-refractivity contribution >= 4 is 52.7 Å². The van der Waals surface area contributed by atoms with Gasteiger partial charge < -0.3 is 14.2 Å². The highest BCUT2D eigenvalue weighted by molar-refractivity contribution is 6.37. The molecule has 0 radical (unpaired) electrons. The first kappa shape index (κ1) is 22.2. The molecule has 0 amide bonds. The van der Waals surface area contributed by atoms with Gasteiger partial charge in [-0.05, 0) is 59.7 Å². The van der Waals surface area contributed by atoms with Gasteiger partial charge >= 0.3 is 5.97 Å². The number of hydrogen-bond acceptors (Lipinski definition) is 5. The summed E-state index contributed by atoms with van der Waals surface area (Å²) in [5.41, 5.74) is 2.29. The Kier molecular flexibility index (Phi) is 6.70. The first-order valence-electron chi connectivity index (χ1n) is 9.46. The molecular weight excluding hydrogens is 473 g/mol. The number of benzene rings is 3. The zero-order valence-electron chi connectivity index (χ0n) is 16.8. The van der Waals surface area contributed by atoms with Crippen LogP contribution in [-0.2, 0) is 16.1 Å². The lowest BCUT2D eigenvalue weighted by Gasteiger charge is -2.11. The molecule has 5 nitrogen and oxygen atoms in total. The Balaban J connectivity index is 1.54. The van der Waals surface area contributed by atoms with Gasteiger partial charge in [0.05, 0.1) is 17.7 Å². The van der Waals surface area contributed by atoms with Crippen LogP contribution in [0.5, 0.6) is 11.5 Å². The smallest absolute Gasteiger partial charge is 0.363 e. The van der Waals surface area contributed by atoms with Crippen molar-refractivity contribution in [1.29, 1.82) is 0 Å². The van der Waals surface area contributed by atoms with Crippen molar-refractivity contribution in [3.63, 3.8) is 0 Å². The maximum atomic E-state index is 12.3. The quantitative estimate of drug-likeness (QED) is 0.290. The predicted octanol–water partition coefficient (Wildman–Crippen LogP) is 6.58. The fourth-order valence-electron chi connectivity index (χ4n) is 2.98. The second-order valence-corrected chi connectivity index (χ2v) is 8.07. The van der Waals surface area contributed by atoms with Gasteiger partial charge in [0.25, 0.3) is 0 Å². The van der Waals surface area contributed by atoms with Gasteiger partial charge in [-0.25, -0.2) is 9.79 Å². The number of cyclic esters (lactones) is 1. The summed E-state index contributed by atoms with van der Waals surface area (Å²) in [5.74, 6) is 0.631. The molecule has 0 fully saturated rings. The van der Waals surface area contributed by atoms with Crippen molar-refractivity contribution in [3.8, 4) is 11.5 Å². The molecule has 162 valence electrons. The first-order chi connectivity index (χ1) is 15.4. The third-order valence-corrected chi connectivity index (χ3v) is 5.38. The van der Waals surface area contributed by atoms with Crippen LogP contribution in [0.2, 0.25) is 15.1 Å². The Morgan fingerprint density at radius 2 is 1.69 bits per heavy atom. The van der Waals surface area contributed by atoms with E-state index in [4.69, 9.17) is 49.0 Å². The van der Waals surface area contributed by atoms with E-state index in [-0.39, 0.29) is 11.6 Å². The van der Waals surface area contributed by atoms with Gasteiger partial charge in [0, 0.05) is 10.0 Å². The highest BCUT2D eigenvalue weighted by Crippen LogP contribution is 2.31. The van der Waals surface area contributed by atoms with E-state index >= 15 is 0 Å². The maximum absolute atomic E-state index is 12.3. The molecule has 0 saturated heterocycles. The molecule has 0 aliphatic carbocycles. The fourth-order valence-corrected chi connectivity index (χ4v) is 3.60. The monoisotopic (exact) mass is 487 g/mol. The second-order valence-electron chi connectivity index (χ2n) is 6.79. The van der Waals surface area contributed by atoms with Crippen LogP contribution < -0.4 is 9.47 Å². The van der Waals surface area contributed by atoms with Crippen LogP contribution in [0.4, 0.5) is 0 Å². The van der Waals surface area contributed by atoms with E-state index < -0.39 is 5.97 Å². The minimum atomic E-state index is -0.576. The molecule has 3 aromatic rings. The summed E-state index contributed by atoms with van der Waals surface area (Å²) >= 11 is 18.0. The second kappa shape index (κ2) is 9.65. The molecule has 4 rings (SSSR count). The van der Waals surface area contributed by atoms with Crippen molar-refractivity contribution in [1.82, 2.24) is 0 Å². The van der Waals surface area contributed by atoms with Gasteiger partial charge in [-0.1, -0.05) is 53.0 Å². The summed E-state index contributed by atoms with van der Waals surface area (Å²) in [4.78, 5) is 16.6. The number of carbonyl (C=O) groups excluding carboxylic acids is 1. The topological polar surface area (TPSA) is 57.1 Å². The highest BCUT2D eigenvalue weighted by Gasteiger charge is 2.25. The van der Waals surface area contributed by atoms with Gasteiger partial charge in [-0.2, -0.15) is 0 Å². The molecule has 0 atom stereocenters. The van der Waals surface area contributed by atoms with Gasteiger partial charge in [0.15, 0.2) is 17.2 Å². The average Bonchev–Trinajstić information content (AvgIpc) is 3.13. The average molecular weight is 489 g/mol. The summed E-state index contributed by atoms with van der Waals surface area (Å²) in [6.45, 7) is 0.357. The number of esters is 1. The lowest BCUT2D eigenvalue weighted by Crippen LogP contribution is -2.05. The number of hydrogen-bond donors (Lipinski definition) is 0. The van der Waals surface area contributed by atoms with Crippen LogP contribution >= 0.6 is 34.8 Å². The SMILES string of the molecule is COc1cc(/C=C2\N=C(c3ccc(Cl)cc3Cl)OC2=O)ccc1OCc1ccc(Cl)cc1. The molecule has 0 bridgehead atoms. The summed E-state index contributed by atoms with van der Waals surface area (Å²) in [6, 6.07) is 17.6. The lowest BCUT2D eigenvalue weighted by molar-refractivity contribution is -0.129. The number of ether oxygens (including phenoxy) is 3. The van der Waals surface area contributed by atoms with Crippen molar-refractivity contribution < 1.29 is 19.0 Å². The van der Waals surface area contributed by atoms with E-state index in [1.807, 2.05) is 12.1 Å².